The largest absolute Gasteiger partial charge is 0.341 e. The minimum atomic E-state index is -0.390. The monoisotopic (exact) mass is 295 g/mol. The summed E-state index contributed by atoms with van der Waals surface area (Å²) in [6, 6.07) is 0.349. The van der Waals surface area contributed by atoms with E-state index < -0.39 is 5.41 Å². The van der Waals surface area contributed by atoms with Crippen molar-refractivity contribution in [1.29, 1.82) is 0 Å². The van der Waals surface area contributed by atoms with Gasteiger partial charge < -0.3 is 15.5 Å². The van der Waals surface area contributed by atoms with Crippen LogP contribution in [0.25, 0.3) is 0 Å². The third kappa shape index (κ3) is 3.39. The molecule has 2 rings (SSSR count). The highest BCUT2D eigenvalue weighted by Gasteiger charge is 2.44. The Hall–Kier alpha value is -1.10. The van der Waals surface area contributed by atoms with Crippen LogP contribution in [0.1, 0.15) is 51.4 Å². The molecule has 2 aliphatic carbocycles. The number of carbonyl (C=O) groups is 2. The molecule has 2 saturated carbocycles. The normalized spacial score (nSPS) is 21.5. The first-order chi connectivity index (χ1) is 10.00. The highest BCUT2D eigenvalue weighted by atomic mass is 16.2. The van der Waals surface area contributed by atoms with Crippen LogP contribution in [0.15, 0.2) is 0 Å². The highest BCUT2D eigenvalue weighted by Crippen LogP contribution is 2.41. The highest BCUT2D eigenvalue weighted by molar-refractivity contribution is 5.88. The summed E-state index contributed by atoms with van der Waals surface area (Å²) >= 11 is 0. The average Bonchev–Trinajstić information content (AvgIpc) is 2.46. The van der Waals surface area contributed by atoms with Crippen molar-refractivity contribution < 1.29 is 9.59 Å². The van der Waals surface area contributed by atoms with Gasteiger partial charge in [-0.1, -0.05) is 25.7 Å². The molecule has 0 spiro atoms. The van der Waals surface area contributed by atoms with Crippen LogP contribution in [0, 0.1) is 5.41 Å². The van der Waals surface area contributed by atoms with Crippen LogP contribution in [0.3, 0.4) is 0 Å². The van der Waals surface area contributed by atoms with Gasteiger partial charge in [0.1, 0.15) is 0 Å². The molecule has 2 fully saturated rings. The number of nitrogens with two attached hydrogens (primary N) is 1. The second kappa shape index (κ2) is 6.77. The fourth-order valence-electron chi connectivity index (χ4n) is 3.57. The maximum Gasteiger partial charge on any atom is 0.242 e. The fraction of sp³-hybridized carbons (Fsp3) is 0.875. The van der Waals surface area contributed by atoms with Gasteiger partial charge in [0.15, 0.2) is 0 Å². The molecule has 0 aromatic carbocycles. The lowest BCUT2D eigenvalue weighted by molar-refractivity contribution is -0.149. The van der Waals surface area contributed by atoms with Crippen LogP contribution in [0.4, 0.5) is 0 Å². The van der Waals surface area contributed by atoms with Crippen LogP contribution >= 0.6 is 0 Å². The molecule has 2 amide bonds. The molecule has 21 heavy (non-hydrogen) atoms. The van der Waals surface area contributed by atoms with E-state index in [4.69, 9.17) is 5.73 Å². The maximum atomic E-state index is 12.5. The van der Waals surface area contributed by atoms with Crippen LogP contribution in [-0.2, 0) is 9.59 Å². The van der Waals surface area contributed by atoms with Gasteiger partial charge in [0.25, 0.3) is 0 Å². The number of likely N-dealkylation sites (N-methyl/N-ethyl adjacent to an activating group) is 2. The van der Waals surface area contributed by atoms with Crippen molar-refractivity contribution in [1.82, 2.24) is 9.80 Å². The minimum absolute atomic E-state index is 0.0432. The van der Waals surface area contributed by atoms with Crippen LogP contribution in [0.2, 0.25) is 0 Å². The van der Waals surface area contributed by atoms with Crippen molar-refractivity contribution in [2.45, 2.75) is 57.4 Å². The van der Waals surface area contributed by atoms with Gasteiger partial charge in [-0.25, -0.2) is 0 Å². The van der Waals surface area contributed by atoms with Gasteiger partial charge in [-0.2, -0.15) is 0 Å². The molecule has 5 heteroatoms. The molecule has 5 nitrogen and oxygen atoms in total. The van der Waals surface area contributed by atoms with E-state index in [9.17, 15) is 9.59 Å². The SMILES string of the molecule is CN(CC(=O)N(C)C1CCCCC1)C(=O)C1(CN)CCC1. The molecule has 2 N–H and O–H groups in total. The molecule has 2 aliphatic rings. The van der Waals surface area contributed by atoms with Gasteiger partial charge in [0.2, 0.25) is 11.8 Å². The van der Waals surface area contributed by atoms with Gasteiger partial charge in [0, 0.05) is 26.7 Å². The van der Waals surface area contributed by atoms with E-state index >= 15 is 0 Å². The molecule has 0 unspecified atom stereocenters. The molecule has 0 aromatic rings. The van der Waals surface area contributed by atoms with E-state index in [0.717, 1.165) is 32.1 Å². The first-order valence-electron chi connectivity index (χ1n) is 8.21. The van der Waals surface area contributed by atoms with E-state index in [1.54, 1.807) is 11.9 Å². The number of hydrogen-bond donors (Lipinski definition) is 1. The predicted molar refractivity (Wildman–Crippen MR) is 82.6 cm³/mol. The molecule has 0 saturated heterocycles. The Morgan fingerprint density at radius 2 is 1.71 bits per heavy atom. The second-order valence-electron chi connectivity index (χ2n) is 6.80. The zero-order valence-corrected chi connectivity index (χ0v) is 13.4. The Bertz CT molecular complexity index is 381. The van der Waals surface area contributed by atoms with E-state index in [1.165, 1.54) is 19.3 Å². The van der Waals surface area contributed by atoms with Gasteiger partial charge in [-0.3, -0.25) is 9.59 Å². The minimum Gasteiger partial charge on any atom is -0.341 e. The van der Waals surface area contributed by atoms with Crippen LogP contribution in [0.5, 0.6) is 0 Å². The van der Waals surface area contributed by atoms with Gasteiger partial charge in [-0.05, 0) is 25.7 Å². The zero-order valence-electron chi connectivity index (χ0n) is 13.4. The molecule has 0 bridgehead atoms. The summed E-state index contributed by atoms with van der Waals surface area (Å²) in [5.41, 5.74) is 5.38. The fourth-order valence-corrected chi connectivity index (χ4v) is 3.57. The summed E-state index contributed by atoms with van der Waals surface area (Å²) in [6.07, 6.45) is 8.64. The molecular weight excluding hydrogens is 266 g/mol. The van der Waals surface area contributed by atoms with E-state index in [1.807, 2.05) is 11.9 Å². The molecule has 0 heterocycles. The summed E-state index contributed by atoms with van der Waals surface area (Å²) in [7, 11) is 3.60. The van der Waals surface area contributed by atoms with Crippen LogP contribution < -0.4 is 5.73 Å². The molecule has 0 aromatic heterocycles. The van der Waals surface area contributed by atoms with E-state index in [-0.39, 0.29) is 18.4 Å². The summed E-state index contributed by atoms with van der Waals surface area (Å²) < 4.78 is 0. The lowest BCUT2D eigenvalue weighted by Gasteiger charge is -2.42. The van der Waals surface area contributed by atoms with Crippen molar-refractivity contribution in [2.24, 2.45) is 11.1 Å². The smallest absolute Gasteiger partial charge is 0.242 e. The molecule has 0 radical (unpaired) electrons. The zero-order chi connectivity index (χ0) is 15.5. The Balaban J connectivity index is 1.87. The average molecular weight is 295 g/mol. The first-order valence-corrected chi connectivity index (χ1v) is 8.21. The van der Waals surface area contributed by atoms with Crippen molar-refractivity contribution in [2.75, 3.05) is 27.2 Å². The maximum absolute atomic E-state index is 12.5. The third-order valence-corrected chi connectivity index (χ3v) is 5.39. The van der Waals surface area contributed by atoms with Crippen molar-refractivity contribution in [3.05, 3.63) is 0 Å². The lowest BCUT2D eigenvalue weighted by atomic mass is 9.68. The second-order valence-corrected chi connectivity index (χ2v) is 6.80. The van der Waals surface area contributed by atoms with Crippen molar-refractivity contribution in [3.8, 4) is 0 Å². The van der Waals surface area contributed by atoms with Crippen molar-refractivity contribution in [3.63, 3.8) is 0 Å². The summed E-state index contributed by atoms with van der Waals surface area (Å²) in [5, 5.41) is 0. The number of hydrogen-bond acceptors (Lipinski definition) is 3. The van der Waals surface area contributed by atoms with Crippen LogP contribution in [-0.4, -0.2) is 54.8 Å². The van der Waals surface area contributed by atoms with E-state index in [2.05, 4.69) is 0 Å². The van der Waals surface area contributed by atoms with Crippen molar-refractivity contribution >= 4 is 11.8 Å². The molecule has 0 atom stereocenters. The van der Waals surface area contributed by atoms with Gasteiger partial charge in [-0.15, -0.1) is 0 Å². The number of rotatable bonds is 5. The topological polar surface area (TPSA) is 66.6 Å². The number of amides is 2. The van der Waals surface area contributed by atoms with Gasteiger partial charge in [0.05, 0.1) is 12.0 Å². The Labute approximate surface area is 127 Å². The summed E-state index contributed by atoms with van der Waals surface area (Å²) in [4.78, 5) is 28.3. The summed E-state index contributed by atoms with van der Waals surface area (Å²) in [6.45, 7) is 0.566. The molecule has 120 valence electrons. The van der Waals surface area contributed by atoms with Gasteiger partial charge >= 0.3 is 0 Å². The Morgan fingerprint density at radius 3 is 2.19 bits per heavy atom. The summed E-state index contributed by atoms with van der Waals surface area (Å²) in [5.74, 6) is 0.0888. The quantitative estimate of drug-likeness (QED) is 0.833. The first kappa shape index (κ1) is 16.3. The van der Waals surface area contributed by atoms with E-state index in [0.29, 0.717) is 12.6 Å². The Kier molecular flexibility index (Phi) is 5.25. The standard InChI is InChI=1S/C16H29N3O2/c1-18(15(21)16(12-17)9-6-10-16)11-14(20)19(2)13-7-4-3-5-8-13/h13H,3-12,17H2,1-2H3. The number of nitrogens with zero attached hydrogens (tertiary/aromatic N) is 2. The Morgan fingerprint density at radius 1 is 1.10 bits per heavy atom. The lowest BCUT2D eigenvalue weighted by Crippen LogP contribution is -2.53. The predicted octanol–water partition coefficient (Wildman–Crippen LogP) is 1.36. The molecule has 0 aliphatic heterocycles. The number of carbonyl (C=O) groups excluding carboxylic acids is 2. The molecular formula is C16H29N3O2. The third-order valence-electron chi connectivity index (χ3n) is 5.39.